The lowest BCUT2D eigenvalue weighted by Gasteiger charge is -2.24. The summed E-state index contributed by atoms with van der Waals surface area (Å²) in [4.78, 5) is 13.6. The molecular formula is C16H20N2O4S. The summed E-state index contributed by atoms with van der Waals surface area (Å²) in [5.74, 6) is 0. The van der Waals surface area contributed by atoms with Crippen molar-refractivity contribution in [1.82, 2.24) is 4.90 Å². The Kier molecular flexibility index (Phi) is 4.66. The maximum Gasteiger partial charge on any atom is 0.410 e. The van der Waals surface area contributed by atoms with Crippen molar-refractivity contribution in [2.75, 3.05) is 13.1 Å². The van der Waals surface area contributed by atoms with Crippen molar-refractivity contribution < 1.29 is 17.9 Å². The Balaban J connectivity index is 2.11. The van der Waals surface area contributed by atoms with Crippen LogP contribution in [0.1, 0.15) is 32.8 Å². The molecule has 124 valence electrons. The van der Waals surface area contributed by atoms with Gasteiger partial charge in [0.25, 0.3) is 0 Å². The molecule has 0 N–H and O–H groups in total. The summed E-state index contributed by atoms with van der Waals surface area (Å²) in [5, 5.41) is 8.12. The van der Waals surface area contributed by atoms with Gasteiger partial charge in [-0.25, -0.2) is 13.2 Å². The number of nitrogens with zero attached hydrogens (tertiary/aromatic N) is 2. The predicted molar refractivity (Wildman–Crippen MR) is 84.6 cm³/mol. The van der Waals surface area contributed by atoms with E-state index in [4.69, 9.17) is 10.00 Å². The third-order valence-electron chi connectivity index (χ3n) is 3.55. The topological polar surface area (TPSA) is 87.5 Å². The molecule has 23 heavy (non-hydrogen) atoms. The minimum absolute atomic E-state index is 0.122. The number of ether oxygens (including phenoxy) is 1. The van der Waals surface area contributed by atoms with E-state index in [9.17, 15) is 13.2 Å². The fraction of sp³-hybridized carbons (Fsp3) is 0.500. The van der Waals surface area contributed by atoms with Crippen molar-refractivity contribution in [3.8, 4) is 6.07 Å². The largest absolute Gasteiger partial charge is 0.444 e. The molecule has 0 aromatic heterocycles. The lowest BCUT2D eigenvalue weighted by Crippen LogP contribution is -2.36. The minimum atomic E-state index is -3.53. The van der Waals surface area contributed by atoms with Gasteiger partial charge in [-0.15, -0.1) is 0 Å². The van der Waals surface area contributed by atoms with Crippen LogP contribution < -0.4 is 0 Å². The van der Waals surface area contributed by atoms with E-state index in [1.54, 1.807) is 20.8 Å². The van der Waals surface area contributed by atoms with Crippen LogP contribution in [0.5, 0.6) is 0 Å². The number of carbonyl (C=O) groups is 1. The summed E-state index contributed by atoms with van der Waals surface area (Å²) in [6, 6.07) is 7.78. The van der Waals surface area contributed by atoms with Crippen LogP contribution in [-0.2, 0) is 14.6 Å². The number of hydrogen-bond donors (Lipinski definition) is 0. The first-order valence-electron chi connectivity index (χ1n) is 7.35. The molecule has 6 nitrogen and oxygen atoms in total. The van der Waals surface area contributed by atoms with E-state index >= 15 is 0 Å². The molecule has 0 spiro atoms. The van der Waals surface area contributed by atoms with Gasteiger partial charge in [0.15, 0.2) is 9.84 Å². The van der Waals surface area contributed by atoms with Crippen molar-refractivity contribution in [2.45, 2.75) is 42.9 Å². The van der Waals surface area contributed by atoms with Crippen LogP contribution in [0.15, 0.2) is 29.2 Å². The Morgan fingerprint density at radius 1 is 1.30 bits per heavy atom. The smallest absolute Gasteiger partial charge is 0.410 e. The van der Waals surface area contributed by atoms with Crippen LogP contribution in [0.4, 0.5) is 4.79 Å². The van der Waals surface area contributed by atoms with Crippen LogP contribution in [0, 0.1) is 11.3 Å². The molecule has 1 aliphatic rings. The average molecular weight is 336 g/mol. The van der Waals surface area contributed by atoms with Crippen LogP contribution in [0.3, 0.4) is 0 Å². The normalized spacial score (nSPS) is 18.5. The number of likely N-dealkylation sites (tertiary alicyclic amines) is 1. The molecule has 0 aliphatic carbocycles. The molecule has 1 saturated heterocycles. The minimum Gasteiger partial charge on any atom is -0.444 e. The zero-order chi connectivity index (χ0) is 17.3. The molecular weight excluding hydrogens is 316 g/mol. The summed E-state index contributed by atoms with van der Waals surface area (Å²) in [6.07, 6.45) is -0.114. The van der Waals surface area contributed by atoms with Crippen LogP contribution in [0.2, 0.25) is 0 Å². The Hall–Kier alpha value is -2.07. The fourth-order valence-corrected chi connectivity index (χ4v) is 4.08. The van der Waals surface area contributed by atoms with Gasteiger partial charge in [0.1, 0.15) is 5.60 Å². The van der Waals surface area contributed by atoms with E-state index in [0.29, 0.717) is 18.5 Å². The Labute approximate surface area is 136 Å². The summed E-state index contributed by atoms with van der Waals surface area (Å²) < 4.78 is 30.5. The molecule has 1 aromatic rings. The molecule has 7 heteroatoms. The Bertz CT molecular complexity index is 727. The highest BCUT2D eigenvalue weighted by Crippen LogP contribution is 2.25. The number of hydrogen-bond acceptors (Lipinski definition) is 5. The SMILES string of the molecule is CC(C)(C)OC(=O)N1CC[C@H](S(=O)(=O)c2ccc(C#N)cc2)C1. The fourth-order valence-electron chi connectivity index (χ4n) is 2.39. The second-order valence-electron chi connectivity index (χ2n) is 6.52. The quantitative estimate of drug-likeness (QED) is 0.827. The van der Waals surface area contributed by atoms with Gasteiger partial charge in [0.2, 0.25) is 0 Å². The highest BCUT2D eigenvalue weighted by molar-refractivity contribution is 7.92. The number of amides is 1. The number of rotatable bonds is 2. The first-order chi connectivity index (χ1) is 10.6. The molecule has 1 atom stereocenters. The maximum absolute atomic E-state index is 12.6. The molecule has 0 unspecified atom stereocenters. The highest BCUT2D eigenvalue weighted by Gasteiger charge is 2.37. The third kappa shape index (κ3) is 4.02. The van der Waals surface area contributed by atoms with Crippen LogP contribution in [0.25, 0.3) is 0 Å². The van der Waals surface area contributed by atoms with Gasteiger partial charge < -0.3 is 9.64 Å². The molecule has 1 amide bonds. The molecule has 1 aliphatic heterocycles. The Morgan fingerprint density at radius 3 is 2.43 bits per heavy atom. The molecule has 1 fully saturated rings. The van der Waals surface area contributed by atoms with E-state index in [0.717, 1.165) is 0 Å². The van der Waals surface area contributed by atoms with Crippen molar-refractivity contribution in [1.29, 1.82) is 5.26 Å². The summed E-state index contributed by atoms with van der Waals surface area (Å²) in [5.41, 5.74) is -0.202. The van der Waals surface area contributed by atoms with Crippen molar-refractivity contribution >= 4 is 15.9 Å². The van der Waals surface area contributed by atoms with Gasteiger partial charge in [-0.2, -0.15) is 5.26 Å². The zero-order valence-corrected chi connectivity index (χ0v) is 14.3. The number of benzene rings is 1. The van der Waals surface area contributed by atoms with Crippen molar-refractivity contribution in [2.24, 2.45) is 0 Å². The molecule has 0 radical (unpaired) electrons. The Morgan fingerprint density at radius 2 is 1.91 bits per heavy atom. The van der Waals surface area contributed by atoms with Crippen LogP contribution >= 0.6 is 0 Å². The second kappa shape index (κ2) is 6.20. The van der Waals surface area contributed by atoms with Gasteiger partial charge in [-0.3, -0.25) is 0 Å². The number of nitriles is 1. The van der Waals surface area contributed by atoms with E-state index in [1.165, 1.54) is 29.2 Å². The van der Waals surface area contributed by atoms with E-state index < -0.39 is 26.8 Å². The van der Waals surface area contributed by atoms with Crippen LogP contribution in [-0.4, -0.2) is 43.4 Å². The maximum atomic E-state index is 12.6. The molecule has 1 heterocycles. The van der Waals surface area contributed by atoms with Gasteiger partial charge in [0.05, 0.1) is 21.8 Å². The average Bonchev–Trinajstić information content (AvgIpc) is 2.96. The standard InChI is InChI=1S/C16H20N2O4S/c1-16(2,3)22-15(19)18-9-8-14(11-18)23(20,21)13-6-4-12(10-17)5-7-13/h4-7,14H,8-9,11H2,1-3H3/t14-/m0/s1. The number of sulfone groups is 1. The summed E-state index contributed by atoms with van der Waals surface area (Å²) in [7, 11) is -3.53. The van der Waals surface area contributed by atoms with E-state index in [1.807, 2.05) is 6.07 Å². The molecule has 1 aromatic carbocycles. The van der Waals surface area contributed by atoms with E-state index in [2.05, 4.69) is 0 Å². The second-order valence-corrected chi connectivity index (χ2v) is 8.75. The van der Waals surface area contributed by atoms with Gasteiger partial charge in [-0.1, -0.05) is 0 Å². The third-order valence-corrected chi connectivity index (χ3v) is 5.74. The predicted octanol–water partition coefficient (Wildman–Crippen LogP) is 2.34. The van der Waals surface area contributed by atoms with Crippen molar-refractivity contribution in [3.05, 3.63) is 29.8 Å². The molecule has 2 rings (SSSR count). The lowest BCUT2D eigenvalue weighted by molar-refractivity contribution is 0.0295. The van der Waals surface area contributed by atoms with Gasteiger partial charge in [-0.05, 0) is 51.5 Å². The van der Waals surface area contributed by atoms with Crippen molar-refractivity contribution in [3.63, 3.8) is 0 Å². The molecule has 0 saturated carbocycles. The van der Waals surface area contributed by atoms with E-state index in [-0.39, 0.29) is 11.4 Å². The first kappa shape index (κ1) is 17.3. The summed E-state index contributed by atoms with van der Waals surface area (Å²) in [6.45, 7) is 5.79. The number of carbonyl (C=O) groups excluding carboxylic acids is 1. The first-order valence-corrected chi connectivity index (χ1v) is 8.90. The van der Waals surface area contributed by atoms with Gasteiger partial charge in [0, 0.05) is 13.1 Å². The summed E-state index contributed by atoms with van der Waals surface area (Å²) >= 11 is 0. The highest BCUT2D eigenvalue weighted by atomic mass is 32.2. The van der Waals surface area contributed by atoms with Gasteiger partial charge >= 0.3 is 6.09 Å². The molecule has 0 bridgehead atoms. The monoisotopic (exact) mass is 336 g/mol. The zero-order valence-electron chi connectivity index (χ0n) is 13.4. The lowest BCUT2D eigenvalue weighted by atomic mass is 10.2.